The van der Waals surface area contributed by atoms with Crippen LogP contribution in [0.1, 0.15) is 31.9 Å². The minimum absolute atomic E-state index is 0.00638. The average Bonchev–Trinajstić information content (AvgIpc) is 2.76. The van der Waals surface area contributed by atoms with Crippen LogP contribution in [0.15, 0.2) is 54.6 Å². The molecule has 1 fully saturated rings. The van der Waals surface area contributed by atoms with Crippen molar-refractivity contribution in [2.45, 2.75) is 38.1 Å². The van der Waals surface area contributed by atoms with Gasteiger partial charge in [0.1, 0.15) is 5.75 Å². The Morgan fingerprint density at radius 3 is 2.26 bits per heavy atom. The van der Waals surface area contributed by atoms with E-state index >= 15 is 0 Å². The van der Waals surface area contributed by atoms with Crippen molar-refractivity contribution in [3.05, 3.63) is 65.7 Å². The molecule has 6 nitrogen and oxygen atoms in total. The fraction of sp³-hybridized carbons (Fsp3) is 0.480. The Balaban J connectivity index is 1.77. The highest BCUT2D eigenvalue weighted by molar-refractivity contribution is 7.88. The average molecular weight is 514 g/mol. The van der Waals surface area contributed by atoms with E-state index in [0.29, 0.717) is 31.6 Å². The highest BCUT2D eigenvalue weighted by atomic mass is 32.2. The van der Waals surface area contributed by atoms with Crippen molar-refractivity contribution in [3.8, 4) is 5.75 Å². The lowest BCUT2D eigenvalue weighted by Gasteiger charge is -2.50. The molecular weight excluding hydrogens is 483 g/mol. The number of carboxylic acid groups (broad SMARTS) is 1. The second kappa shape index (κ2) is 10.2. The lowest BCUT2D eigenvalue weighted by Crippen LogP contribution is -2.54. The fourth-order valence-corrected chi connectivity index (χ4v) is 5.38. The molecule has 2 aromatic carbocycles. The number of aliphatic carboxylic acids is 1. The van der Waals surface area contributed by atoms with E-state index in [4.69, 9.17) is 0 Å². The van der Waals surface area contributed by atoms with E-state index in [0.717, 1.165) is 5.56 Å². The van der Waals surface area contributed by atoms with Crippen LogP contribution in [0.25, 0.3) is 0 Å². The van der Waals surface area contributed by atoms with E-state index in [9.17, 15) is 31.5 Å². The van der Waals surface area contributed by atoms with Gasteiger partial charge in [0.2, 0.25) is 0 Å². The van der Waals surface area contributed by atoms with E-state index in [-0.39, 0.29) is 11.8 Å². The van der Waals surface area contributed by atoms with Crippen molar-refractivity contribution in [1.82, 2.24) is 4.90 Å². The zero-order chi connectivity index (χ0) is 26.0. The SMILES string of the molecule is CC1CN(CC(Cc2ccccc2)C(=O)O)C[C@H](C)C1(C)c1cccc(OS(=O)(=O)C(F)(F)F)c1. The second-order valence-electron chi connectivity index (χ2n) is 9.54. The molecule has 4 atom stereocenters. The van der Waals surface area contributed by atoms with Crippen LogP contribution in [-0.4, -0.2) is 49.5 Å². The summed E-state index contributed by atoms with van der Waals surface area (Å²) in [5.74, 6) is -1.82. The van der Waals surface area contributed by atoms with E-state index in [1.807, 2.05) is 51.1 Å². The lowest BCUT2D eigenvalue weighted by molar-refractivity contribution is -0.142. The monoisotopic (exact) mass is 513 g/mol. The maximum atomic E-state index is 12.8. The first kappa shape index (κ1) is 27.0. The molecule has 1 aliphatic rings. The van der Waals surface area contributed by atoms with Crippen molar-refractivity contribution in [1.29, 1.82) is 0 Å². The predicted molar refractivity (Wildman–Crippen MR) is 125 cm³/mol. The minimum Gasteiger partial charge on any atom is -0.481 e. The molecule has 3 unspecified atom stereocenters. The molecule has 10 heteroatoms. The Bertz CT molecular complexity index is 1130. The molecule has 0 saturated carbocycles. The minimum atomic E-state index is -5.77. The summed E-state index contributed by atoms with van der Waals surface area (Å²) >= 11 is 0. The molecule has 0 radical (unpaired) electrons. The fourth-order valence-electron chi connectivity index (χ4n) is 4.93. The Morgan fingerprint density at radius 1 is 1.11 bits per heavy atom. The number of piperidine rings is 1. The van der Waals surface area contributed by atoms with Crippen LogP contribution in [0.2, 0.25) is 0 Å². The van der Waals surface area contributed by atoms with Gasteiger partial charge in [-0.25, -0.2) is 0 Å². The molecule has 0 bridgehead atoms. The highest BCUT2D eigenvalue weighted by Gasteiger charge is 2.49. The van der Waals surface area contributed by atoms with Crippen molar-refractivity contribution in [3.63, 3.8) is 0 Å². The molecule has 2 aromatic rings. The number of likely N-dealkylation sites (tertiary alicyclic amines) is 1. The quantitative estimate of drug-likeness (QED) is 0.407. The van der Waals surface area contributed by atoms with Gasteiger partial charge in [0.15, 0.2) is 0 Å². The largest absolute Gasteiger partial charge is 0.534 e. The first-order valence-corrected chi connectivity index (χ1v) is 12.7. The molecule has 0 spiro atoms. The maximum Gasteiger partial charge on any atom is 0.534 e. The molecule has 1 aliphatic heterocycles. The van der Waals surface area contributed by atoms with E-state index < -0.39 is 38.7 Å². The van der Waals surface area contributed by atoms with Gasteiger partial charge < -0.3 is 14.2 Å². The molecule has 35 heavy (non-hydrogen) atoms. The second-order valence-corrected chi connectivity index (χ2v) is 11.1. The molecule has 1 saturated heterocycles. The maximum absolute atomic E-state index is 12.8. The highest BCUT2D eigenvalue weighted by Crippen LogP contribution is 2.44. The molecule has 3 rings (SSSR count). The van der Waals surface area contributed by atoms with Gasteiger partial charge in [-0.05, 0) is 41.5 Å². The number of hydrogen-bond donors (Lipinski definition) is 1. The molecule has 1 heterocycles. The Hall–Kier alpha value is -2.59. The lowest BCUT2D eigenvalue weighted by atomic mass is 9.62. The van der Waals surface area contributed by atoms with Crippen LogP contribution in [-0.2, 0) is 26.7 Å². The third-order valence-electron chi connectivity index (χ3n) is 7.21. The van der Waals surface area contributed by atoms with E-state index in [2.05, 4.69) is 9.08 Å². The predicted octanol–water partition coefficient (Wildman–Crippen LogP) is 4.70. The summed E-state index contributed by atoms with van der Waals surface area (Å²) in [6, 6.07) is 15.2. The van der Waals surface area contributed by atoms with E-state index in [1.165, 1.54) is 18.2 Å². The van der Waals surface area contributed by atoms with Gasteiger partial charge >= 0.3 is 21.6 Å². The Kier molecular flexibility index (Phi) is 7.86. The normalized spacial score (nSPS) is 24.6. The van der Waals surface area contributed by atoms with Crippen molar-refractivity contribution < 1.29 is 35.7 Å². The number of alkyl halides is 3. The van der Waals surface area contributed by atoms with Crippen LogP contribution < -0.4 is 4.18 Å². The van der Waals surface area contributed by atoms with Crippen molar-refractivity contribution >= 4 is 16.1 Å². The summed E-state index contributed by atoms with van der Waals surface area (Å²) < 4.78 is 65.5. The molecule has 0 aromatic heterocycles. The van der Waals surface area contributed by atoms with Crippen LogP contribution in [0, 0.1) is 17.8 Å². The number of carbonyl (C=O) groups is 1. The Morgan fingerprint density at radius 2 is 1.71 bits per heavy atom. The summed E-state index contributed by atoms with van der Waals surface area (Å²) in [6.07, 6.45) is 0.416. The van der Waals surface area contributed by atoms with Gasteiger partial charge in [-0.1, -0.05) is 63.2 Å². The zero-order valence-electron chi connectivity index (χ0n) is 19.8. The topological polar surface area (TPSA) is 83.9 Å². The van der Waals surface area contributed by atoms with Gasteiger partial charge in [0, 0.05) is 25.0 Å². The third-order valence-corrected chi connectivity index (χ3v) is 8.19. The first-order chi connectivity index (χ1) is 16.2. The summed E-state index contributed by atoms with van der Waals surface area (Å²) in [5.41, 5.74) is -4.38. The molecule has 0 amide bonds. The number of rotatable bonds is 8. The number of hydrogen-bond acceptors (Lipinski definition) is 5. The Labute approximate surface area is 203 Å². The number of benzene rings is 2. The van der Waals surface area contributed by atoms with E-state index in [1.54, 1.807) is 6.07 Å². The van der Waals surface area contributed by atoms with Crippen LogP contribution >= 0.6 is 0 Å². The van der Waals surface area contributed by atoms with Gasteiger partial charge in [0.05, 0.1) is 5.92 Å². The van der Waals surface area contributed by atoms with Crippen molar-refractivity contribution in [2.24, 2.45) is 17.8 Å². The van der Waals surface area contributed by atoms with Gasteiger partial charge in [-0.15, -0.1) is 0 Å². The van der Waals surface area contributed by atoms with Gasteiger partial charge in [-0.3, -0.25) is 4.79 Å². The zero-order valence-corrected chi connectivity index (χ0v) is 20.6. The number of carboxylic acids is 1. The van der Waals surface area contributed by atoms with Gasteiger partial charge in [-0.2, -0.15) is 21.6 Å². The molecule has 0 aliphatic carbocycles. The van der Waals surface area contributed by atoms with Gasteiger partial charge in [0.25, 0.3) is 0 Å². The summed E-state index contributed by atoms with van der Waals surface area (Å²) in [4.78, 5) is 14.1. The number of halogens is 3. The number of nitrogens with zero attached hydrogens (tertiary/aromatic N) is 1. The summed E-state index contributed by atoms with van der Waals surface area (Å²) in [6.45, 7) is 7.57. The summed E-state index contributed by atoms with van der Waals surface area (Å²) in [5, 5.41) is 9.79. The van der Waals surface area contributed by atoms with Crippen LogP contribution in [0.3, 0.4) is 0 Å². The standard InChI is InChI=1S/C25H30F3NO5S/c1-17-14-29(16-20(23(30)31)12-19-8-5-4-6-9-19)15-18(2)24(17,3)21-10-7-11-22(13-21)34-35(32,33)25(26,27)28/h4-11,13,17-18,20H,12,14-16H2,1-3H3,(H,30,31)/t17-,18?,20?,24?/m0/s1. The van der Waals surface area contributed by atoms with Crippen LogP contribution in [0.5, 0.6) is 5.75 Å². The molecule has 1 N–H and O–H groups in total. The first-order valence-electron chi connectivity index (χ1n) is 11.3. The third kappa shape index (κ3) is 5.98. The molecule has 192 valence electrons. The molecular formula is C25H30F3NO5S. The smallest absolute Gasteiger partial charge is 0.481 e. The van der Waals surface area contributed by atoms with Crippen molar-refractivity contribution in [2.75, 3.05) is 19.6 Å². The summed E-state index contributed by atoms with van der Waals surface area (Å²) in [7, 11) is -5.77. The van der Waals surface area contributed by atoms with Crippen LogP contribution in [0.4, 0.5) is 13.2 Å².